The smallest absolute Gasteiger partial charge is 0.109 e. The van der Waals surface area contributed by atoms with Gasteiger partial charge in [-0.25, -0.2) is 0 Å². The quantitative estimate of drug-likeness (QED) is 0.639. The highest BCUT2D eigenvalue weighted by Gasteiger charge is 2.25. The average Bonchev–Trinajstić information content (AvgIpc) is 2.04. The van der Waals surface area contributed by atoms with Crippen molar-refractivity contribution >= 4 is 0 Å². The molecule has 1 fully saturated rings. The molecule has 1 atom stereocenters. The predicted molar refractivity (Wildman–Crippen MR) is 50.8 cm³/mol. The van der Waals surface area contributed by atoms with E-state index >= 15 is 0 Å². The molecule has 0 aromatic rings. The largest absolute Gasteiger partial charge is 0.378 e. The van der Waals surface area contributed by atoms with E-state index in [9.17, 15) is 5.11 Å². The van der Waals surface area contributed by atoms with Gasteiger partial charge in [0.05, 0.1) is 0 Å². The lowest BCUT2D eigenvalue weighted by molar-refractivity contribution is -0.0267. The van der Waals surface area contributed by atoms with Gasteiger partial charge in [-0.05, 0) is 38.8 Å². The number of hydrogen-bond donors (Lipinski definition) is 1. The van der Waals surface area contributed by atoms with Gasteiger partial charge in [-0.15, -0.1) is 0 Å². The maximum atomic E-state index is 9.76. The van der Waals surface area contributed by atoms with Crippen LogP contribution in [-0.4, -0.2) is 30.3 Å². The molecule has 1 saturated carbocycles. The minimum Gasteiger partial charge on any atom is -0.378 e. The van der Waals surface area contributed by atoms with Crippen molar-refractivity contribution in [3.05, 3.63) is 0 Å². The van der Waals surface area contributed by atoms with Gasteiger partial charge in [0, 0.05) is 0 Å². The minimum atomic E-state index is -0.225. The van der Waals surface area contributed by atoms with Crippen molar-refractivity contribution < 1.29 is 5.11 Å². The second-order valence-electron chi connectivity index (χ2n) is 4.40. The van der Waals surface area contributed by atoms with Gasteiger partial charge < -0.3 is 5.11 Å². The van der Waals surface area contributed by atoms with Gasteiger partial charge >= 0.3 is 0 Å². The summed E-state index contributed by atoms with van der Waals surface area (Å²) < 4.78 is 0. The number of rotatable bonds is 2. The Kier molecular flexibility index (Phi) is 3.53. The predicted octanol–water partition coefficient (Wildman–Crippen LogP) is 1.69. The zero-order valence-corrected chi connectivity index (χ0v) is 8.45. The summed E-state index contributed by atoms with van der Waals surface area (Å²) in [6.07, 6.45) is 4.74. The van der Waals surface area contributed by atoms with Crippen molar-refractivity contribution in [2.75, 3.05) is 14.1 Å². The fourth-order valence-electron chi connectivity index (χ4n) is 2.01. The number of hydrogen-bond acceptors (Lipinski definition) is 2. The number of aliphatic hydroxyl groups is 1. The van der Waals surface area contributed by atoms with Gasteiger partial charge in [0.2, 0.25) is 0 Å². The van der Waals surface area contributed by atoms with E-state index < -0.39 is 0 Å². The molecule has 0 aliphatic heterocycles. The summed E-state index contributed by atoms with van der Waals surface area (Å²) in [5, 5.41) is 9.76. The van der Waals surface area contributed by atoms with Crippen LogP contribution in [0.5, 0.6) is 0 Å². The zero-order valence-electron chi connectivity index (χ0n) is 8.45. The van der Waals surface area contributed by atoms with Crippen LogP contribution in [0.25, 0.3) is 0 Å². The second kappa shape index (κ2) is 4.24. The van der Waals surface area contributed by atoms with Crippen LogP contribution in [0.1, 0.15) is 32.6 Å². The zero-order chi connectivity index (χ0) is 9.14. The molecule has 12 heavy (non-hydrogen) atoms. The highest BCUT2D eigenvalue weighted by molar-refractivity contribution is 4.74. The molecular weight excluding hydrogens is 150 g/mol. The third kappa shape index (κ3) is 2.46. The van der Waals surface area contributed by atoms with Gasteiger partial charge in [-0.3, -0.25) is 4.90 Å². The van der Waals surface area contributed by atoms with Crippen LogP contribution >= 0.6 is 0 Å². The van der Waals surface area contributed by atoms with Crippen LogP contribution < -0.4 is 0 Å². The fourth-order valence-corrected chi connectivity index (χ4v) is 2.01. The Morgan fingerprint density at radius 1 is 1.17 bits per heavy atom. The maximum Gasteiger partial charge on any atom is 0.109 e. The van der Waals surface area contributed by atoms with Crippen LogP contribution in [-0.2, 0) is 0 Å². The molecular formula is C10H21NO. The van der Waals surface area contributed by atoms with Crippen molar-refractivity contribution in [2.45, 2.75) is 38.8 Å². The lowest BCUT2D eigenvalue weighted by Crippen LogP contribution is -2.36. The molecule has 1 rings (SSSR count). The number of aliphatic hydroxyl groups excluding tert-OH is 1. The average molecular weight is 171 g/mol. The first-order valence-corrected chi connectivity index (χ1v) is 4.95. The third-order valence-corrected chi connectivity index (χ3v) is 3.01. The molecule has 0 saturated heterocycles. The molecule has 2 nitrogen and oxygen atoms in total. The van der Waals surface area contributed by atoms with Gasteiger partial charge in [0.1, 0.15) is 6.23 Å². The molecule has 0 amide bonds. The van der Waals surface area contributed by atoms with Crippen molar-refractivity contribution in [3.63, 3.8) is 0 Å². The van der Waals surface area contributed by atoms with Crippen LogP contribution in [0, 0.1) is 11.8 Å². The Morgan fingerprint density at radius 3 is 2.08 bits per heavy atom. The minimum absolute atomic E-state index is 0.225. The van der Waals surface area contributed by atoms with E-state index in [0.29, 0.717) is 5.92 Å². The second-order valence-corrected chi connectivity index (χ2v) is 4.40. The Balaban J connectivity index is 2.34. The van der Waals surface area contributed by atoms with Gasteiger partial charge in [0.15, 0.2) is 0 Å². The summed E-state index contributed by atoms with van der Waals surface area (Å²) in [5.74, 6) is 1.38. The first-order chi connectivity index (χ1) is 5.61. The lowest BCUT2D eigenvalue weighted by atomic mass is 9.82. The van der Waals surface area contributed by atoms with Crippen molar-refractivity contribution in [2.24, 2.45) is 11.8 Å². The normalized spacial score (nSPS) is 33.8. The molecule has 0 heterocycles. The molecule has 2 heteroatoms. The molecule has 0 aromatic heterocycles. The van der Waals surface area contributed by atoms with Crippen LogP contribution in [0.4, 0.5) is 0 Å². The van der Waals surface area contributed by atoms with E-state index in [0.717, 1.165) is 5.92 Å². The standard InChI is InChI=1S/C10H21NO/c1-8-4-6-9(7-5-8)10(12)11(2)3/h8-10,12H,4-7H2,1-3H3/t8-,9+,10?. The third-order valence-electron chi connectivity index (χ3n) is 3.01. The van der Waals surface area contributed by atoms with E-state index in [1.807, 2.05) is 19.0 Å². The van der Waals surface area contributed by atoms with Gasteiger partial charge in [0.25, 0.3) is 0 Å². The summed E-state index contributed by atoms with van der Waals surface area (Å²) in [6.45, 7) is 2.30. The first kappa shape index (κ1) is 10.0. The van der Waals surface area contributed by atoms with Crippen LogP contribution in [0.2, 0.25) is 0 Å². The Labute approximate surface area is 75.6 Å². The summed E-state index contributed by atoms with van der Waals surface area (Å²) in [7, 11) is 3.89. The van der Waals surface area contributed by atoms with Crippen LogP contribution in [0.15, 0.2) is 0 Å². The fraction of sp³-hybridized carbons (Fsp3) is 1.00. The van der Waals surface area contributed by atoms with E-state index in [4.69, 9.17) is 0 Å². The highest BCUT2D eigenvalue weighted by Crippen LogP contribution is 2.30. The molecule has 0 bridgehead atoms. The van der Waals surface area contributed by atoms with Crippen molar-refractivity contribution in [3.8, 4) is 0 Å². The molecule has 0 radical (unpaired) electrons. The molecule has 1 aliphatic carbocycles. The van der Waals surface area contributed by atoms with Gasteiger partial charge in [-0.1, -0.05) is 19.8 Å². The molecule has 72 valence electrons. The summed E-state index contributed by atoms with van der Waals surface area (Å²) in [4.78, 5) is 1.92. The van der Waals surface area contributed by atoms with Crippen molar-refractivity contribution in [1.29, 1.82) is 0 Å². The molecule has 0 spiro atoms. The molecule has 0 aromatic carbocycles. The summed E-state index contributed by atoms with van der Waals surface area (Å²) >= 11 is 0. The van der Waals surface area contributed by atoms with E-state index in [1.165, 1.54) is 25.7 Å². The van der Waals surface area contributed by atoms with Gasteiger partial charge in [-0.2, -0.15) is 0 Å². The molecule has 1 N–H and O–H groups in total. The Hall–Kier alpha value is -0.0800. The van der Waals surface area contributed by atoms with Crippen molar-refractivity contribution in [1.82, 2.24) is 4.90 Å². The van der Waals surface area contributed by atoms with Crippen LogP contribution in [0.3, 0.4) is 0 Å². The highest BCUT2D eigenvalue weighted by atomic mass is 16.3. The Morgan fingerprint density at radius 2 is 1.67 bits per heavy atom. The summed E-state index contributed by atoms with van der Waals surface area (Å²) in [5.41, 5.74) is 0. The topological polar surface area (TPSA) is 23.5 Å². The number of nitrogens with zero attached hydrogens (tertiary/aromatic N) is 1. The monoisotopic (exact) mass is 171 g/mol. The lowest BCUT2D eigenvalue weighted by Gasteiger charge is -2.32. The van der Waals surface area contributed by atoms with E-state index in [2.05, 4.69) is 6.92 Å². The van der Waals surface area contributed by atoms with E-state index in [1.54, 1.807) is 0 Å². The maximum absolute atomic E-state index is 9.76. The Bertz CT molecular complexity index is 128. The SMILES string of the molecule is CN(C)C(O)[C@H]1CC[C@@H](C)CC1. The van der Waals surface area contributed by atoms with E-state index in [-0.39, 0.29) is 6.23 Å². The molecule has 1 aliphatic rings. The molecule has 1 unspecified atom stereocenters. The first-order valence-electron chi connectivity index (χ1n) is 4.95. The summed E-state index contributed by atoms with van der Waals surface area (Å²) in [6, 6.07) is 0.